The summed E-state index contributed by atoms with van der Waals surface area (Å²) < 4.78 is 6.22. The molecule has 0 bridgehead atoms. The molecule has 0 fully saturated rings. The van der Waals surface area contributed by atoms with Crippen molar-refractivity contribution in [3.63, 3.8) is 0 Å². The van der Waals surface area contributed by atoms with E-state index in [1.807, 2.05) is 0 Å². The number of hydrogen-bond donors (Lipinski definition) is 1. The van der Waals surface area contributed by atoms with Crippen molar-refractivity contribution in [2.45, 2.75) is 13.0 Å². The number of hydrogen-bond acceptors (Lipinski definition) is 3. The minimum absolute atomic E-state index is 0.121. The fourth-order valence-electron chi connectivity index (χ4n) is 1.17. The van der Waals surface area contributed by atoms with E-state index in [4.69, 9.17) is 9.84 Å². The van der Waals surface area contributed by atoms with Gasteiger partial charge in [-0.15, -0.1) is 0 Å². The number of carboxylic acid groups (broad SMARTS) is 1. The third kappa shape index (κ3) is 2.50. The van der Waals surface area contributed by atoms with Crippen molar-refractivity contribution in [2.75, 3.05) is 6.61 Å². The number of carboxylic acids is 1. The van der Waals surface area contributed by atoms with E-state index in [1.54, 1.807) is 6.07 Å². The molecule has 1 atom stereocenters. The fraction of sp³-hybridized carbons (Fsp3) is 0.273. The van der Waals surface area contributed by atoms with Crippen LogP contribution in [0.3, 0.4) is 0 Å². The largest absolute Gasteiger partial charge is 0.484 e. The molecule has 0 amide bonds. The van der Waals surface area contributed by atoms with Gasteiger partial charge in [0.1, 0.15) is 12.6 Å². The van der Waals surface area contributed by atoms with Gasteiger partial charge in [-0.3, -0.25) is 9.36 Å². The van der Waals surface area contributed by atoms with Crippen LogP contribution in [-0.4, -0.2) is 22.2 Å². The van der Waals surface area contributed by atoms with Crippen LogP contribution in [0.25, 0.3) is 0 Å². The lowest BCUT2D eigenvalue weighted by Gasteiger charge is -2.11. The molecule has 0 aliphatic rings. The molecule has 16 heavy (non-hydrogen) atoms. The molecule has 0 saturated carbocycles. The van der Waals surface area contributed by atoms with E-state index >= 15 is 0 Å². The van der Waals surface area contributed by atoms with Crippen molar-refractivity contribution in [2.24, 2.45) is 0 Å². The van der Waals surface area contributed by atoms with Crippen LogP contribution in [0.5, 0.6) is 5.75 Å². The van der Waals surface area contributed by atoms with E-state index in [-0.39, 0.29) is 12.4 Å². The molecule has 1 heterocycles. The molecule has 0 aliphatic carbocycles. The third-order valence-corrected chi connectivity index (χ3v) is 2.07. The standard InChI is InChI=1S/C11H13NO4/c1-3-7-16-9-5-4-6-12(10(9)13)8(2)11(14)15/h3-6,8H,1,7H2,2H3,(H,14,15). The predicted molar refractivity (Wildman–Crippen MR) is 58.7 cm³/mol. The summed E-state index contributed by atoms with van der Waals surface area (Å²) in [6.07, 6.45) is 2.93. The average molecular weight is 223 g/mol. The number of nitrogens with zero attached hydrogens (tertiary/aromatic N) is 1. The first-order valence-corrected chi connectivity index (χ1v) is 4.75. The highest BCUT2D eigenvalue weighted by Gasteiger charge is 2.15. The zero-order valence-electron chi connectivity index (χ0n) is 8.92. The topological polar surface area (TPSA) is 68.5 Å². The maximum absolute atomic E-state index is 11.8. The monoisotopic (exact) mass is 223 g/mol. The lowest BCUT2D eigenvalue weighted by molar-refractivity contribution is -0.140. The lowest BCUT2D eigenvalue weighted by Crippen LogP contribution is -2.28. The van der Waals surface area contributed by atoms with Gasteiger partial charge in [-0.2, -0.15) is 0 Å². The quantitative estimate of drug-likeness (QED) is 0.758. The van der Waals surface area contributed by atoms with Crippen molar-refractivity contribution >= 4 is 5.97 Å². The van der Waals surface area contributed by atoms with Gasteiger partial charge in [-0.25, -0.2) is 4.79 Å². The SMILES string of the molecule is C=CCOc1cccn(C(C)C(=O)O)c1=O. The smallest absolute Gasteiger partial charge is 0.326 e. The first-order chi connectivity index (χ1) is 7.57. The van der Waals surface area contributed by atoms with E-state index in [1.165, 1.54) is 25.3 Å². The summed E-state index contributed by atoms with van der Waals surface area (Å²) in [5.41, 5.74) is -0.459. The van der Waals surface area contributed by atoms with E-state index < -0.39 is 17.6 Å². The second-order valence-electron chi connectivity index (χ2n) is 3.20. The van der Waals surface area contributed by atoms with E-state index in [9.17, 15) is 9.59 Å². The summed E-state index contributed by atoms with van der Waals surface area (Å²) in [5.74, 6) is -0.946. The van der Waals surface area contributed by atoms with Crippen LogP contribution in [0.15, 0.2) is 35.8 Å². The van der Waals surface area contributed by atoms with Crippen molar-refractivity contribution in [1.82, 2.24) is 4.57 Å². The van der Waals surface area contributed by atoms with Crippen LogP contribution in [0.1, 0.15) is 13.0 Å². The normalized spacial score (nSPS) is 11.8. The molecule has 5 nitrogen and oxygen atoms in total. The molecule has 1 aromatic heterocycles. The minimum atomic E-state index is -1.07. The number of aliphatic carboxylic acids is 1. The van der Waals surface area contributed by atoms with Gasteiger partial charge in [0.15, 0.2) is 5.75 Å². The summed E-state index contributed by atoms with van der Waals surface area (Å²) in [7, 11) is 0. The molecule has 0 aliphatic heterocycles. The maximum atomic E-state index is 11.8. The van der Waals surface area contributed by atoms with Gasteiger partial charge in [-0.05, 0) is 19.1 Å². The van der Waals surface area contributed by atoms with E-state index in [0.717, 1.165) is 4.57 Å². The molecule has 86 valence electrons. The minimum Gasteiger partial charge on any atom is -0.484 e. The van der Waals surface area contributed by atoms with Crippen LogP contribution >= 0.6 is 0 Å². The first kappa shape index (κ1) is 12.0. The fourth-order valence-corrected chi connectivity index (χ4v) is 1.17. The number of rotatable bonds is 5. The van der Waals surface area contributed by atoms with Crippen LogP contribution in [0.2, 0.25) is 0 Å². The Morgan fingerprint density at radius 1 is 1.75 bits per heavy atom. The highest BCUT2D eigenvalue weighted by molar-refractivity contribution is 5.71. The molecule has 0 aromatic carbocycles. The molecule has 0 radical (unpaired) electrons. The summed E-state index contributed by atoms with van der Waals surface area (Å²) >= 11 is 0. The van der Waals surface area contributed by atoms with Gasteiger partial charge < -0.3 is 9.84 Å². The molecule has 1 N–H and O–H groups in total. The van der Waals surface area contributed by atoms with Gasteiger partial charge in [0, 0.05) is 6.20 Å². The zero-order chi connectivity index (χ0) is 12.1. The number of carbonyl (C=O) groups is 1. The molecule has 1 aromatic rings. The Balaban J connectivity index is 3.08. The van der Waals surface area contributed by atoms with Crippen molar-refractivity contribution in [3.8, 4) is 5.75 Å². The predicted octanol–water partition coefficient (Wildman–Crippen LogP) is 1.06. The van der Waals surface area contributed by atoms with E-state index in [2.05, 4.69) is 6.58 Å². The van der Waals surface area contributed by atoms with Gasteiger partial charge >= 0.3 is 5.97 Å². The summed E-state index contributed by atoms with van der Waals surface area (Å²) in [6, 6.07) is 2.15. The first-order valence-electron chi connectivity index (χ1n) is 4.75. The molecular formula is C11H13NO4. The Hall–Kier alpha value is -2.04. The van der Waals surface area contributed by atoms with E-state index in [0.29, 0.717) is 0 Å². The zero-order valence-corrected chi connectivity index (χ0v) is 8.92. The van der Waals surface area contributed by atoms with Crippen molar-refractivity contribution in [1.29, 1.82) is 0 Å². The molecule has 0 saturated heterocycles. The van der Waals surface area contributed by atoms with Crippen LogP contribution in [-0.2, 0) is 4.79 Å². The Bertz CT molecular complexity index is 450. The van der Waals surface area contributed by atoms with Gasteiger partial charge in [0.05, 0.1) is 0 Å². The van der Waals surface area contributed by atoms with Crippen LogP contribution in [0, 0.1) is 0 Å². The maximum Gasteiger partial charge on any atom is 0.326 e. The van der Waals surface area contributed by atoms with Gasteiger partial charge in [-0.1, -0.05) is 12.7 Å². The second kappa shape index (κ2) is 5.16. The Morgan fingerprint density at radius 3 is 3.00 bits per heavy atom. The highest BCUT2D eigenvalue weighted by Crippen LogP contribution is 2.07. The molecular weight excluding hydrogens is 210 g/mol. The van der Waals surface area contributed by atoms with Crippen LogP contribution < -0.4 is 10.3 Å². The third-order valence-electron chi connectivity index (χ3n) is 2.07. The Labute approximate surface area is 92.6 Å². The Morgan fingerprint density at radius 2 is 2.44 bits per heavy atom. The number of pyridine rings is 1. The number of aromatic nitrogens is 1. The second-order valence-corrected chi connectivity index (χ2v) is 3.20. The molecule has 0 spiro atoms. The summed E-state index contributed by atoms with van der Waals surface area (Å²) in [5, 5.41) is 8.81. The highest BCUT2D eigenvalue weighted by atomic mass is 16.5. The average Bonchev–Trinajstić information content (AvgIpc) is 2.26. The summed E-state index contributed by atoms with van der Waals surface area (Å²) in [4.78, 5) is 22.5. The lowest BCUT2D eigenvalue weighted by atomic mass is 10.3. The number of ether oxygens (including phenoxy) is 1. The molecule has 1 rings (SSSR count). The molecule has 5 heteroatoms. The van der Waals surface area contributed by atoms with Crippen molar-refractivity contribution < 1.29 is 14.6 Å². The summed E-state index contributed by atoms with van der Waals surface area (Å²) in [6.45, 7) is 5.10. The van der Waals surface area contributed by atoms with Gasteiger partial charge in [0.25, 0.3) is 5.56 Å². The van der Waals surface area contributed by atoms with Gasteiger partial charge in [0.2, 0.25) is 0 Å². The van der Waals surface area contributed by atoms with Crippen LogP contribution in [0.4, 0.5) is 0 Å². The Kier molecular flexibility index (Phi) is 3.88. The molecule has 1 unspecified atom stereocenters. The van der Waals surface area contributed by atoms with Crippen molar-refractivity contribution in [3.05, 3.63) is 41.3 Å².